The van der Waals surface area contributed by atoms with E-state index in [2.05, 4.69) is 10.1 Å². The maximum Gasteiger partial charge on any atom is 0.362 e. The van der Waals surface area contributed by atoms with Crippen molar-refractivity contribution in [3.63, 3.8) is 0 Å². The van der Waals surface area contributed by atoms with Crippen LogP contribution in [0.15, 0.2) is 49.8 Å². The zero-order chi connectivity index (χ0) is 22.2. The van der Waals surface area contributed by atoms with Gasteiger partial charge < -0.3 is 15.9 Å². The second-order valence-electron chi connectivity index (χ2n) is 7.24. The molecule has 4 N–H and O–H groups in total. The molecule has 1 saturated carbocycles. The number of aromatic nitrogens is 4. The quantitative estimate of drug-likeness (QED) is 0.384. The Labute approximate surface area is 177 Å². The molecule has 0 amide bonds. The van der Waals surface area contributed by atoms with Gasteiger partial charge in [0.15, 0.2) is 0 Å². The Morgan fingerprint density at radius 2 is 2.00 bits per heavy atom. The Morgan fingerprint density at radius 1 is 1.29 bits per heavy atom. The summed E-state index contributed by atoms with van der Waals surface area (Å²) in [5.74, 6) is -0.805. The van der Waals surface area contributed by atoms with Gasteiger partial charge in [-0.1, -0.05) is 16.3 Å². The highest BCUT2D eigenvalue weighted by atomic mass is 35.5. The van der Waals surface area contributed by atoms with Gasteiger partial charge >= 0.3 is 5.69 Å². The summed E-state index contributed by atoms with van der Waals surface area (Å²) in [6.45, 7) is 0. The Hall–Kier alpha value is -3.22. The SMILES string of the molecule is N[C@@H]1C[C@H]1n1ncc2c(F)cc(S(=O)(=O)c3ccc(Cl)c4c(=O)n(O)c(=O)[nH]c34)cc21. The van der Waals surface area contributed by atoms with E-state index < -0.39 is 47.6 Å². The van der Waals surface area contributed by atoms with E-state index in [0.717, 1.165) is 18.2 Å². The van der Waals surface area contributed by atoms with Crippen molar-refractivity contribution in [1.29, 1.82) is 0 Å². The minimum absolute atomic E-state index is 0.135. The van der Waals surface area contributed by atoms with Crippen molar-refractivity contribution in [2.45, 2.75) is 28.3 Å². The molecule has 31 heavy (non-hydrogen) atoms. The molecular weight excluding hydrogens is 453 g/mol. The lowest BCUT2D eigenvalue weighted by molar-refractivity contribution is 0.162. The number of sulfone groups is 1. The molecule has 13 heteroatoms. The van der Waals surface area contributed by atoms with Gasteiger partial charge in [-0.15, -0.1) is 0 Å². The molecule has 2 aromatic carbocycles. The van der Waals surface area contributed by atoms with Crippen LogP contribution in [0.3, 0.4) is 0 Å². The third kappa shape index (κ3) is 2.79. The first-order valence-electron chi connectivity index (χ1n) is 8.95. The standard InChI is InChI=1S/C18H13ClFN5O5S/c19-9-1-2-14(16-15(9)17(26)25(28)18(27)23-16)31(29,30)7-3-10(20)8-6-22-24(12(8)4-7)13-5-11(13)21/h1-4,6,11,13,28H,5,21H2,(H,23,27)/t11-,13-/m1/s1. The number of hydrogen-bond donors (Lipinski definition) is 3. The summed E-state index contributed by atoms with van der Waals surface area (Å²) in [6, 6.07) is 4.01. The zero-order valence-electron chi connectivity index (χ0n) is 15.4. The summed E-state index contributed by atoms with van der Waals surface area (Å²) in [5.41, 5.74) is 3.26. The first kappa shape index (κ1) is 19.7. The van der Waals surface area contributed by atoms with Crippen LogP contribution in [0.1, 0.15) is 12.5 Å². The summed E-state index contributed by atoms with van der Waals surface area (Å²) in [4.78, 5) is 25.4. The molecule has 0 radical (unpaired) electrons. The van der Waals surface area contributed by atoms with E-state index >= 15 is 0 Å². The van der Waals surface area contributed by atoms with Crippen LogP contribution in [0, 0.1) is 5.82 Å². The smallest absolute Gasteiger partial charge is 0.362 e. The van der Waals surface area contributed by atoms with E-state index in [9.17, 15) is 27.6 Å². The highest BCUT2D eigenvalue weighted by Gasteiger charge is 2.37. The van der Waals surface area contributed by atoms with E-state index in [0.29, 0.717) is 6.42 Å². The number of halogens is 2. The molecule has 1 aliphatic carbocycles. The van der Waals surface area contributed by atoms with Crippen molar-refractivity contribution in [2.75, 3.05) is 0 Å². The van der Waals surface area contributed by atoms with E-state index in [1.54, 1.807) is 0 Å². The van der Waals surface area contributed by atoms with E-state index in [1.807, 2.05) is 0 Å². The van der Waals surface area contributed by atoms with Gasteiger partial charge in [-0.3, -0.25) is 9.48 Å². The lowest BCUT2D eigenvalue weighted by atomic mass is 10.2. The van der Waals surface area contributed by atoms with Crippen LogP contribution in [0.25, 0.3) is 21.8 Å². The third-order valence-corrected chi connectivity index (χ3v) is 7.40. The molecule has 1 aliphatic rings. The average molecular weight is 466 g/mol. The number of rotatable bonds is 3. The Kier molecular flexibility index (Phi) is 4.07. The lowest BCUT2D eigenvalue weighted by Gasteiger charge is -2.11. The van der Waals surface area contributed by atoms with Crippen molar-refractivity contribution < 1.29 is 18.0 Å². The highest BCUT2D eigenvalue weighted by molar-refractivity contribution is 7.91. The van der Waals surface area contributed by atoms with Crippen LogP contribution in [0.5, 0.6) is 0 Å². The normalized spacial score (nSPS) is 18.7. The predicted octanol–water partition coefficient (Wildman–Crippen LogP) is 1.17. The van der Waals surface area contributed by atoms with E-state index in [1.165, 1.54) is 16.9 Å². The molecule has 0 bridgehead atoms. The number of nitrogens with one attached hydrogen (secondary N) is 1. The number of fused-ring (bicyclic) bond motifs is 2. The summed E-state index contributed by atoms with van der Waals surface area (Å²) >= 11 is 5.99. The predicted molar refractivity (Wildman–Crippen MR) is 108 cm³/mol. The lowest BCUT2D eigenvalue weighted by Crippen LogP contribution is -2.33. The van der Waals surface area contributed by atoms with Gasteiger partial charge in [-0.25, -0.2) is 17.6 Å². The third-order valence-electron chi connectivity index (χ3n) is 5.30. The second-order valence-corrected chi connectivity index (χ2v) is 9.57. The van der Waals surface area contributed by atoms with E-state index in [4.69, 9.17) is 17.3 Å². The van der Waals surface area contributed by atoms with Gasteiger partial charge in [0.1, 0.15) is 5.82 Å². The van der Waals surface area contributed by atoms with Gasteiger partial charge in [0.2, 0.25) is 9.84 Å². The Bertz CT molecular complexity index is 1640. The molecule has 2 aromatic heterocycles. The molecule has 1 fully saturated rings. The zero-order valence-corrected chi connectivity index (χ0v) is 17.0. The van der Waals surface area contributed by atoms with Crippen molar-refractivity contribution in [3.8, 4) is 0 Å². The first-order valence-corrected chi connectivity index (χ1v) is 10.8. The fourth-order valence-corrected chi connectivity index (χ4v) is 5.27. The molecule has 10 nitrogen and oxygen atoms in total. The Morgan fingerprint density at radius 3 is 2.68 bits per heavy atom. The molecule has 0 spiro atoms. The van der Waals surface area contributed by atoms with Gasteiger partial charge in [0.05, 0.1) is 48.9 Å². The van der Waals surface area contributed by atoms with Gasteiger partial charge in [0, 0.05) is 6.04 Å². The van der Waals surface area contributed by atoms with Gasteiger partial charge in [-0.05, 0) is 30.7 Å². The number of H-pyrrole nitrogens is 1. The fraction of sp³-hybridized carbons (Fsp3) is 0.167. The van der Waals surface area contributed by atoms with Crippen LogP contribution in [0.2, 0.25) is 5.02 Å². The molecule has 4 aromatic rings. The van der Waals surface area contributed by atoms with Gasteiger partial charge in [0.25, 0.3) is 5.56 Å². The van der Waals surface area contributed by atoms with Crippen LogP contribution in [-0.4, -0.2) is 39.2 Å². The van der Waals surface area contributed by atoms with Crippen molar-refractivity contribution in [2.24, 2.45) is 5.73 Å². The minimum Gasteiger partial charge on any atom is -0.421 e. The summed E-state index contributed by atoms with van der Waals surface area (Å²) in [6.07, 6.45) is 1.93. The van der Waals surface area contributed by atoms with Crippen LogP contribution in [0.4, 0.5) is 4.39 Å². The molecule has 2 heterocycles. The maximum atomic E-state index is 14.7. The summed E-state index contributed by atoms with van der Waals surface area (Å²) in [7, 11) is -4.43. The van der Waals surface area contributed by atoms with Crippen LogP contribution < -0.4 is 17.0 Å². The van der Waals surface area contributed by atoms with Crippen molar-refractivity contribution >= 4 is 43.2 Å². The van der Waals surface area contributed by atoms with Gasteiger partial charge in [-0.2, -0.15) is 5.10 Å². The van der Waals surface area contributed by atoms with Crippen molar-refractivity contribution in [1.82, 2.24) is 19.5 Å². The average Bonchev–Trinajstić information content (AvgIpc) is 3.27. The molecule has 160 valence electrons. The first-order chi connectivity index (χ1) is 14.6. The number of aromatic amines is 1. The monoisotopic (exact) mass is 465 g/mol. The summed E-state index contributed by atoms with van der Waals surface area (Å²) in [5, 5.41) is 13.2. The largest absolute Gasteiger partial charge is 0.421 e. The molecule has 5 rings (SSSR count). The topological polar surface area (TPSA) is 153 Å². The maximum absolute atomic E-state index is 14.7. The van der Waals surface area contributed by atoms with Crippen LogP contribution >= 0.6 is 11.6 Å². The highest BCUT2D eigenvalue weighted by Crippen LogP contribution is 2.37. The minimum atomic E-state index is -4.43. The van der Waals surface area contributed by atoms with Crippen molar-refractivity contribution in [3.05, 3.63) is 62.1 Å². The molecule has 0 saturated heterocycles. The second kappa shape index (κ2) is 6.39. The van der Waals surface area contributed by atoms with E-state index in [-0.39, 0.29) is 32.7 Å². The molecule has 0 unspecified atom stereocenters. The molecule has 2 atom stereocenters. The molecule has 0 aliphatic heterocycles. The number of benzene rings is 2. The fourth-order valence-electron chi connectivity index (χ4n) is 3.58. The molecular formula is C18H13ClFN5O5S. The summed E-state index contributed by atoms with van der Waals surface area (Å²) < 4.78 is 42.8. The number of nitrogens with two attached hydrogens (primary N) is 1. The number of nitrogens with zero attached hydrogens (tertiary/aromatic N) is 3. The number of hydrogen-bond acceptors (Lipinski definition) is 7. The van der Waals surface area contributed by atoms with Crippen LogP contribution in [-0.2, 0) is 9.84 Å². The Balaban J connectivity index is 1.80.